The minimum atomic E-state index is -3.93. The van der Waals surface area contributed by atoms with Crippen LogP contribution in [0.25, 0.3) is 11.0 Å². The molecular weight excluding hydrogens is 466 g/mol. The van der Waals surface area contributed by atoms with E-state index >= 15 is 0 Å². The van der Waals surface area contributed by atoms with E-state index in [9.17, 15) is 18.0 Å². The molecule has 0 unspecified atom stereocenters. The van der Waals surface area contributed by atoms with Crippen LogP contribution in [-0.4, -0.2) is 29.8 Å². The second-order valence-corrected chi connectivity index (χ2v) is 9.86. The number of rotatable bonds is 6. The number of carbonyl (C=O) groups excluding carboxylic acids is 2. The Bertz CT molecular complexity index is 1530. The number of hydrazine groups is 1. The molecule has 0 bridgehead atoms. The molecule has 0 saturated carbocycles. The third-order valence-electron chi connectivity index (χ3n) is 5.56. The first-order valence-electron chi connectivity index (χ1n) is 10.8. The smallest absolute Gasteiger partial charge is 0.269 e. The lowest BCUT2D eigenvalue weighted by Crippen LogP contribution is -2.42. The molecule has 3 N–H and O–H groups in total. The van der Waals surface area contributed by atoms with Gasteiger partial charge >= 0.3 is 0 Å². The van der Waals surface area contributed by atoms with E-state index in [0.29, 0.717) is 17.1 Å². The Morgan fingerprint density at radius 1 is 0.943 bits per heavy atom. The molecule has 35 heavy (non-hydrogen) atoms. The van der Waals surface area contributed by atoms with Gasteiger partial charge in [-0.15, -0.1) is 0 Å². The highest BCUT2D eigenvalue weighted by Crippen LogP contribution is 2.21. The Kier molecular flexibility index (Phi) is 6.57. The van der Waals surface area contributed by atoms with Crippen LogP contribution in [-0.2, 0) is 28.3 Å². The fourth-order valence-corrected chi connectivity index (χ4v) is 4.93. The molecule has 9 nitrogen and oxygen atoms in total. The first-order chi connectivity index (χ1) is 16.6. The normalized spacial score (nSPS) is 11.3. The molecule has 0 saturated heterocycles. The van der Waals surface area contributed by atoms with Gasteiger partial charge in [0.15, 0.2) is 0 Å². The van der Waals surface area contributed by atoms with Gasteiger partial charge in [0.05, 0.1) is 22.3 Å². The molecule has 0 fully saturated rings. The van der Waals surface area contributed by atoms with Crippen LogP contribution in [0.1, 0.15) is 27.3 Å². The Morgan fingerprint density at radius 2 is 1.66 bits per heavy atom. The molecule has 1 aromatic heterocycles. The molecule has 2 amide bonds. The predicted octanol–water partition coefficient (Wildman–Crippen LogP) is 2.99. The molecule has 4 rings (SSSR count). The number of hydrogen-bond donors (Lipinski definition) is 3. The number of para-hydroxylation sites is 2. The van der Waals surface area contributed by atoms with Crippen molar-refractivity contribution in [1.29, 1.82) is 0 Å². The van der Waals surface area contributed by atoms with Crippen molar-refractivity contribution < 1.29 is 18.0 Å². The molecular formula is C25H25N5O4S. The number of nitrogens with zero attached hydrogens (tertiary/aromatic N) is 2. The van der Waals surface area contributed by atoms with Gasteiger partial charge in [-0.25, -0.2) is 13.4 Å². The van der Waals surface area contributed by atoms with Crippen LogP contribution < -0.4 is 15.6 Å². The zero-order chi connectivity index (χ0) is 25.2. The molecule has 3 aromatic carbocycles. The average molecular weight is 492 g/mol. The Labute approximate surface area is 203 Å². The van der Waals surface area contributed by atoms with Crippen LogP contribution in [0.15, 0.2) is 71.6 Å². The summed E-state index contributed by atoms with van der Waals surface area (Å²) in [6.45, 7) is 3.55. The number of sulfonamides is 1. The fraction of sp³-hybridized carbons (Fsp3) is 0.160. The van der Waals surface area contributed by atoms with E-state index in [0.717, 1.165) is 16.6 Å². The van der Waals surface area contributed by atoms with Gasteiger partial charge in [0, 0.05) is 18.3 Å². The summed E-state index contributed by atoms with van der Waals surface area (Å²) in [6, 6.07) is 18.8. The number of aromatic nitrogens is 2. The summed E-state index contributed by atoms with van der Waals surface area (Å²) >= 11 is 0. The van der Waals surface area contributed by atoms with Gasteiger partial charge in [-0.3, -0.25) is 25.2 Å². The van der Waals surface area contributed by atoms with Crippen LogP contribution in [0.5, 0.6) is 0 Å². The maximum atomic E-state index is 12.9. The molecule has 0 aliphatic carbocycles. The van der Waals surface area contributed by atoms with Gasteiger partial charge in [-0.2, -0.15) is 0 Å². The van der Waals surface area contributed by atoms with Crippen molar-refractivity contribution in [3.05, 3.63) is 89.2 Å². The number of benzene rings is 3. The number of amides is 2. The number of aryl methyl sites for hydroxylation is 3. The summed E-state index contributed by atoms with van der Waals surface area (Å²) in [5.74, 6) is -0.559. The van der Waals surface area contributed by atoms with Gasteiger partial charge < -0.3 is 4.57 Å². The molecule has 0 spiro atoms. The summed E-state index contributed by atoms with van der Waals surface area (Å²) in [5.41, 5.74) is 8.35. The quantitative estimate of drug-likeness (QED) is 0.358. The minimum Gasteiger partial charge on any atom is -0.331 e. The van der Waals surface area contributed by atoms with E-state index in [4.69, 9.17) is 0 Å². The van der Waals surface area contributed by atoms with Gasteiger partial charge in [-0.05, 0) is 55.8 Å². The van der Waals surface area contributed by atoms with Crippen molar-refractivity contribution in [3.63, 3.8) is 0 Å². The number of carbonyl (C=O) groups is 2. The second kappa shape index (κ2) is 9.59. The molecule has 1 heterocycles. The summed E-state index contributed by atoms with van der Waals surface area (Å²) in [4.78, 5) is 29.4. The van der Waals surface area contributed by atoms with Gasteiger partial charge in [0.2, 0.25) is 5.91 Å². The standard InChI is InChI=1S/C25H25N5O4S/c1-16-8-12-19(13-9-16)29-35(33,34)22-14-18(11-10-17(22)2)25(32)28-27-24(31)15-23-26-20-6-4-5-7-21(20)30(23)3/h4-14,29H,15H2,1-3H3,(H,27,31)(H,28,32). The van der Waals surface area contributed by atoms with Crippen molar-refractivity contribution in [1.82, 2.24) is 20.4 Å². The highest BCUT2D eigenvalue weighted by atomic mass is 32.2. The van der Waals surface area contributed by atoms with E-state index in [1.54, 1.807) is 37.3 Å². The fourth-order valence-electron chi connectivity index (χ4n) is 3.60. The zero-order valence-corrected chi connectivity index (χ0v) is 20.3. The topological polar surface area (TPSA) is 122 Å². The van der Waals surface area contributed by atoms with Crippen molar-refractivity contribution >= 4 is 38.6 Å². The van der Waals surface area contributed by atoms with E-state index < -0.39 is 21.8 Å². The van der Waals surface area contributed by atoms with Gasteiger partial charge in [-0.1, -0.05) is 35.9 Å². The summed E-state index contributed by atoms with van der Waals surface area (Å²) < 4.78 is 30.2. The first kappa shape index (κ1) is 24.0. The van der Waals surface area contributed by atoms with Gasteiger partial charge in [0.25, 0.3) is 15.9 Å². The van der Waals surface area contributed by atoms with E-state index in [1.165, 1.54) is 12.1 Å². The Hall–Kier alpha value is -4.18. The van der Waals surface area contributed by atoms with Crippen LogP contribution in [0, 0.1) is 13.8 Å². The monoisotopic (exact) mass is 491 g/mol. The number of hydrogen-bond acceptors (Lipinski definition) is 5. The van der Waals surface area contributed by atoms with Crippen LogP contribution in [0.4, 0.5) is 5.69 Å². The summed E-state index contributed by atoms with van der Waals surface area (Å²) in [7, 11) is -2.12. The van der Waals surface area contributed by atoms with Crippen LogP contribution in [0.2, 0.25) is 0 Å². The van der Waals surface area contributed by atoms with Crippen molar-refractivity contribution in [2.24, 2.45) is 7.05 Å². The SMILES string of the molecule is Cc1ccc(NS(=O)(=O)c2cc(C(=O)NNC(=O)Cc3nc4ccccc4n3C)ccc2C)cc1. The average Bonchev–Trinajstić information content (AvgIpc) is 3.14. The van der Waals surface area contributed by atoms with Crippen LogP contribution >= 0.6 is 0 Å². The maximum Gasteiger partial charge on any atom is 0.269 e. The number of nitrogens with one attached hydrogen (secondary N) is 3. The van der Waals surface area contributed by atoms with E-state index in [2.05, 4.69) is 20.6 Å². The highest BCUT2D eigenvalue weighted by molar-refractivity contribution is 7.92. The van der Waals surface area contributed by atoms with E-state index in [1.807, 2.05) is 42.8 Å². The number of imidazole rings is 1. The lowest BCUT2D eigenvalue weighted by atomic mass is 10.1. The largest absolute Gasteiger partial charge is 0.331 e. The Morgan fingerprint density at radius 3 is 2.37 bits per heavy atom. The molecule has 0 atom stereocenters. The lowest BCUT2D eigenvalue weighted by molar-refractivity contribution is -0.121. The third kappa shape index (κ3) is 5.33. The minimum absolute atomic E-state index is 0.0308. The third-order valence-corrected chi connectivity index (χ3v) is 7.08. The second-order valence-electron chi connectivity index (χ2n) is 8.21. The molecule has 10 heteroatoms. The predicted molar refractivity (Wildman–Crippen MR) is 133 cm³/mol. The molecule has 0 aliphatic heterocycles. The van der Waals surface area contributed by atoms with Crippen molar-refractivity contribution in [2.45, 2.75) is 25.2 Å². The summed E-state index contributed by atoms with van der Waals surface area (Å²) in [6.07, 6.45) is -0.0422. The molecule has 4 aromatic rings. The van der Waals surface area contributed by atoms with Crippen molar-refractivity contribution in [2.75, 3.05) is 4.72 Å². The van der Waals surface area contributed by atoms with Gasteiger partial charge in [0.1, 0.15) is 5.82 Å². The number of anilines is 1. The molecule has 0 aliphatic rings. The first-order valence-corrected chi connectivity index (χ1v) is 12.3. The number of fused-ring (bicyclic) bond motifs is 1. The van der Waals surface area contributed by atoms with E-state index in [-0.39, 0.29) is 16.9 Å². The molecule has 180 valence electrons. The zero-order valence-electron chi connectivity index (χ0n) is 19.5. The summed E-state index contributed by atoms with van der Waals surface area (Å²) in [5, 5.41) is 0. The molecule has 0 radical (unpaired) electrons. The van der Waals surface area contributed by atoms with Crippen LogP contribution in [0.3, 0.4) is 0 Å². The lowest BCUT2D eigenvalue weighted by Gasteiger charge is -2.13. The maximum absolute atomic E-state index is 12.9. The Balaban J connectivity index is 1.44. The highest BCUT2D eigenvalue weighted by Gasteiger charge is 2.20. The van der Waals surface area contributed by atoms with Crippen molar-refractivity contribution in [3.8, 4) is 0 Å².